The highest BCUT2D eigenvalue weighted by atomic mass is 16.5. The highest BCUT2D eigenvalue weighted by molar-refractivity contribution is 6.08. The summed E-state index contributed by atoms with van der Waals surface area (Å²) in [6.07, 6.45) is 4.19. The summed E-state index contributed by atoms with van der Waals surface area (Å²) in [6, 6.07) is 11.0. The van der Waals surface area contributed by atoms with Gasteiger partial charge in [0.1, 0.15) is 5.75 Å². The van der Waals surface area contributed by atoms with Gasteiger partial charge in [0.05, 0.1) is 12.7 Å². The van der Waals surface area contributed by atoms with Crippen LogP contribution in [-0.2, 0) is 14.1 Å². The van der Waals surface area contributed by atoms with Gasteiger partial charge in [-0.3, -0.25) is 14.2 Å². The van der Waals surface area contributed by atoms with E-state index < -0.39 is 11.2 Å². The van der Waals surface area contributed by atoms with Gasteiger partial charge in [0.25, 0.3) is 5.56 Å². The molecule has 0 saturated carbocycles. The molecule has 0 N–H and O–H groups in total. The zero-order chi connectivity index (χ0) is 18.8. The van der Waals surface area contributed by atoms with Crippen molar-refractivity contribution >= 4 is 22.6 Å². The van der Waals surface area contributed by atoms with Crippen molar-refractivity contribution in [1.29, 1.82) is 0 Å². The second kappa shape index (κ2) is 6.84. The van der Waals surface area contributed by atoms with E-state index in [0.29, 0.717) is 5.56 Å². The van der Waals surface area contributed by atoms with E-state index in [1.165, 1.54) is 30.0 Å². The lowest BCUT2D eigenvalue weighted by Crippen LogP contribution is -2.37. The Bertz CT molecular complexity index is 1150. The Kier molecular flexibility index (Phi) is 4.58. The van der Waals surface area contributed by atoms with Crippen LogP contribution in [0, 0.1) is 0 Å². The van der Waals surface area contributed by atoms with Crippen molar-refractivity contribution in [3.05, 3.63) is 80.6 Å². The predicted molar refractivity (Wildman–Crippen MR) is 101 cm³/mol. The fraction of sp³-hybridized carbons (Fsp3) is 0.150. The zero-order valence-corrected chi connectivity index (χ0v) is 14.7. The number of benzene rings is 2. The van der Waals surface area contributed by atoms with Crippen molar-refractivity contribution in [3.8, 4) is 5.75 Å². The third kappa shape index (κ3) is 3.21. The first kappa shape index (κ1) is 17.4. The molecule has 0 radical (unpaired) electrons. The van der Waals surface area contributed by atoms with Crippen molar-refractivity contribution in [2.45, 2.75) is 0 Å². The van der Waals surface area contributed by atoms with E-state index in [1.54, 1.807) is 26.3 Å². The van der Waals surface area contributed by atoms with Crippen molar-refractivity contribution < 1.29 is 9.53 Å². The largest absolute Gasteiger partial charge is 0.497 e. The molecule has 0 aliphatic heterocycles. The summed E-state index contributed by atoms with van der Waals surface area (Å²) in [5.41, 5.74) is -0.0692. The molecule has 0 bridgehead atoms. The Morgan fingerprint density at radius 1 is 1.04 bits per heavy atom. The minimum atomic E-state index is -0.442. The number of hydrogen-bond acceptors (Lipinski definition) is 4. The number of nitrogens with zero attached hydrogens (tertiary/aromatic N) is 2. The Hall–Kier alpha value is -3.41. The summed E-state index contributed by atoms with van der Waals surface area (Å²) in [6.45, 7) is 0. The molecule has 26 heavy (non-hydrogen) atoms. The molecule has 0 spiro atoms. The molecule has 3 aromatic rings. The SMILES string of the molecule is COc1ccc2cc(C(=O)/C=C/c3cn(C)c(=O)n(C)c3=O)ccc2c1. The van der Waals surface area contributed by atoms with E-state index in [1.807, 2.05) is 24.3 Å². The summed E-state index contributed by atoms with van der Waals surface area (Å²) in [5.74, 6) is 0.528. The molecule has 0 unspecified atom stereocenters. The second-order valence-electron chi connectivity index (χ2n) is 5.97. The first-order valence-corrected chi connectivity index (χ1v) is 7.97. The molecule has 2 aromatic carbocycles. The van der Waals surface area contributed by atoms with E-state index in [-0.39, 0.29) is 11.3 Å². The maximum Gasteiger partial charge on any atom is 0.330 e. The van der Waals surface area contributed by atoms with E-state index in [2.05, 4.69) is 0 Å². The van der Waals surface area contributed by atoms with Crippen LogP contribution in [0.25, 0.3) is 16.8 Å². The van der Waals surface area contributed by atoms with Crippen LogP contribution in [0.15, 0.2) is 58.3 Å². The molecular weight excluding hydrogens is 332 g/mol. The number of aryl methyl sites for hydroxylation is 1. The van der Waals surface area contributed by atoms with Crippen LogP contribution in [-0.4, -0.2) is 22.0 Å². The minimum Gasteiger partial charge on any atom is -0.497 e. The number of aromatic nitrogens is 2. The number of ether oxygens (including phenoxy) is 1. The number of ketones is 1. The van der Waals surface area contributed by atoms with Gasteiger partial charge in [0.15, 0.2) is 5.78 Å². The quantitative estimate of drug-likeness (QED) is 0.534. The summed E-state index contributed by atoms with van der Waals surface area (Å²) in [7, 11) is 4.56. The average molecular weight is 350 g/mol. The van der Waals surface area contributed by atoms with Crippen molar-refractivity contribution in [1.82, 2.24) is 9.13 Å². The zero-order valence-electron chi connectivity index (χ0n) is 14.7. The highest BCUT2D eigenvalue weighted by Gasteiger charge is 2.07. The van der Waals surface area contributed by atoms with Crippen LogP contribution >= 0.6 is 0 Å². The van der Waals surface area contributed by atoms with Crippen LogP contribution in [0.1, 0.15) is 15.9 Å². The Labute approximate surface area is 149 Å². The number of carbonyl (C=O) groups is 1. The van der Waals surface area contributed by atoms with Crippen LogP contribution < -0.4 is 16.0 Å². The molecular formula is C20H18N2O4. The lowest BCUT2D eigenvalue weighted by molar-refractivity contribution is 0.104. The number of carbonyl (C=O) groups excluding carboxylic acids is 1. The summed E-state index contributed by atoms with van der Waals surface area (Å²) in [5, 5.41) is 1.89. The number of methoxy groups -OCH3 is 1. The van der Waals surface area contributed by atoms with Gasteiger partial charge in [-0.05, 0) is 41.1 Å². The van der Waals surface area contributed by atoms with Crippen LogP contribution in [0.4, 0.5) is 0 Å². The molecule has 1 heterocycles. The van der Waals surface area contributed by atoms with Gasteiger partial charge in [-0.2, -0.15) is 0 Å². The predicted octanol–water partition coefficient (Wildman–Crippen LogP) is 2.14. The first-order valence-electron chi connectivity index (χ1n) is 7.97. The lowest BCUT2D eigenvalue weighted by atomic mass is 10.0. The Morgan fingerprint density at radius 3 is 2.46 bits per heavy atom. The smallest absolute Gasteiger partial charge is 0.330 e. The van der Waals surface area contributed by atoms with Gasteiger partial charge in [-0.25, -0.2) is 4.79 Å². The summed E-state index contributed by atoms with van der Waals surface area (Å²) < 4.78 is 7.50. The maximum atomic E-state index is 12.4. The number of rotatable bonds is 4. The normalized spacial score (nSPS) is 11.2. The lowest BCUT2D eigenvalue weighted by Gasteiger charge is -2.04. The van der Waals surface area contributed by atoms with Gasteiger partial charge in [0.2, 0.25) is 0 Å². The third-order valence-electron chi connectivity index (χ3n) is 4.22. The molecule has 0 amide bonds. The Morgan fingerprint density at radius 2 is 1.73 bits per heavy atom. The van der Waals surface area contributed by atoms with E-state index in [9.17, 15) is 14.4 Å². The topological polar surface area (TPSA) is 70.3 Å². The number of fused-ring (bicyclic) bond motifs is 1. The van der Waals surface area contributed by atoms with Gasteiger partial charge < -0.3 is 9.30 Å². The molecule has 0 fully saturated rings. The first-order chi connectivity index (χ1) is 12.4. The van der Waals surface area contributed by atoms with Gasteiger partial charge >= 0.3 is 5.69 Å². The molecule has 1 aromatic heterocycles. The monoisotopic (exact) mass is 350 g/mol. The number of allylic oxidation sites excluding steroid dienone is 1. The van der Waals surface area contributed by atoms with Gasteiger partial charge in [-0.1, -0.05) is 18.2 Å². The molecule has 132 valence electrons. The second-order valence-corrected chi connectivity index (χ2v) is 5.97. The molecule has 6 nitrogen and oxygen atoms in total. The van der Waals surface area contributed by atoms with Crippen LogP contribution in [0.2, 0.25) is 0 Å². The molecule has 0 aliphatic carbocycles. The number of hydrogen-bond donors (Lipinski definition) is 0. The molecule has 0 saturated heterocycles. The summed E-state index contributed by atoms with van der Waals surface area (Å²) in [4.78, 5) is 36.2. The average Bonchev–Trinajstić information content (AvgIpc) is 2.66. The molecule has 3 rings (SSSR count). The van der Waals surface area contributed by atoms with E-state index >= 15 is 0 Å². The molecule has 0 atom stereocenters. The van der Waals surface area contributed by atoms with E-state index in [4.69, 9.17) is 4.74 Å². The van der Waals surface area contributed by atoms with Gasteiger partial charge in [-0.15, -0.1) is 0 Å². The summed E-state index contributed by atoms with van der Waals surface area (Å²) >= 11 is 0. The van der Waals surface area contributed by atoms with Crippen molar-refractivity contribution in [2.24, 2.45) is 14.1 Å². The van der Waals surface area contributed by atoms with Gasteiger partial charge in [0, 0.05) is 25.9 Å². The van der Waals surface area contributed by atoms with Crippen LogP contribution in [0.3, 0.4) is 0 Å². The van der Waals surface area contributed by atoms with Crippen molar-refractivity contribution in [2.75, 3.05) is 7.11 Å². The Balaban J connectivity index is 1.93. The maximum absolute atomic E-state index is 12.4. The standard InChI is InChI=1S/C20H18N2O4/c1-21-12-16(19(24)22(2)20(21)25)7-9-18(23)15-5-4-14-11-17(26-3)8-6-13(14)10-15/h4-12H,1-3H3/b9-7+. The highest BCUT2D eigenvalue weighted by Crippen LogP contribution is 2.22. The third-order valence-corrected chi connectivity index (χ3v) is 4.22. The molecule has 0 aliphatic rings. The minimum absolute atomic E-state index is 0.223. The van der Waals surface area contributed by atoms with E-state index in [0.717, 1.165) is 21.1 Å². The fourth-order valence-corrected chi connectivity index (χ4v) is 2.72. The molecule has 6 heteroatoms. The van der Waals surface area contributed by atoms with Crippen molar-refractivity contribution in [3.63, 3.8) is 0 Å². The fourth-order valence-electron chi connectivity index (χ4n) is 2.72. The van der Waals surface area contributed by atoms with Crippen LogP contribution in [0.5, 0.6) is 5.75 Å².